The molecule has 19 heavy (non-hydrogen) atoms. The molecule has 0 N–H and O–H groups in total. The third-order valence-electron chi connectivity index (χ3n) is 2.18. The maximum atomic E-state index is 13.2. The highest BCUT2D eigenvalue weighted by atomic mass is 127. The van der Waals surface area contributed by atoms with Gasteiger partial charge in [-0.05, 0) is 40.8 Å². The standard InChI is InChI=1S/C11H4ClF4IN2/c12-9-8(17)4-18-10(19-9)5-1-6(11(14,15)16)3-7(13)2-5/h1-4H. The van der Waals surface area contributed by atoms with Crippen molar-refractivity contribution < 1.29 is 17.6 Å². The van der Waals surface area contributed by atoms with Crippen LogP contribution in [0.4, 0.5) is 17.6 Å². The van der Waals surface area contributed by atoms with E-state index in [4.69, 9.17) is 11.6 Å². The van der Waals surface area contributed by atoms with Gasteiger partial charge < -0.3 is 0 Å². The van der Waals surface area contributed by atoms with Gasteiger partial charge in [-0.3, -0.25) is 0 Å². The Hall–Kier alpha value is -0.960. The van der Waals surface area contributed by atoms with Gasteiger partial charge in [-0.1, -0.05) is 11.6 Å². The maximum absolute atomic E-state index is 13.2. The van der Waals surface area contributed by atoms with Gasteiger partial charge in [0.15, 0.2) is 5.82 Å². The maximum Gasteiger partial charge on any atom is 0.416 e. The fourth-order valence-electron chi connectivity index (χ4n) is 1.37. The Balaban J connectivity index is 2.56. The summed E-state index contributed by atoms with van der Waals surface area (Å²) >= 11 is 7.63. The normalized spacial score (nSPS) is 11.7. The van der Waals surface area contributed by atoms with Crippen molar-refractivity contribution in [1.82, 2.24) is 9.97 Å². The van der Waals surface area contributed by atoms with Crippen molar-refractivity contribution in [3.05, 3.63) is 44.5 Å². The van der Waals surface area contributed by atoms with Gasteiger partial charge >= 0.3 is 6.18 Å². The molecule has 0 atom stereocenters. The molecule has 0 bridgehead atoms. The van der Waals surface area contributed by atoms with Gasteiger partial charge in [0.2, 0.25) is 0 Å². The number of halogens is 6. The molecule has 100 valence electrons. The fraction of sp³-hybridized carbons (Fsp3) is 0.0909. The van der Waals surface area contributed by atoms with E-state index in [-0.39, 0.29) is 16.5 Å². The molecule has 0 radical (unpaired) electrons. The first-order valence-corrected chi connectivity index (χ1v) is 6.29. The van der Waals surface area contributed by atoms with Gasteiger partial charge in [0.25, 0.3) is 0 Å². The van der Waals surface area contributed by atoms with Crippen molar-refractivity contribution in [1.29, 1.82) is 0 Å². The Labute approximate surface area is 124 Å². The average molecular weight is 403 g/mol. The molecule has 2 nitrogen and oxygen atoms in total. The topological polar surface area (TPSA) is 25.8 Å². The number of hydrogen-bond acceptors (Lipinski definition) is 2. The summed E-state index contributed by atoms with van der Waals surface area (Å²) in [6, 6.07) is 2.12. The lowest BCUT2D eigenvalue weighted by Crippen LogP contribution is -2.06. The lowest BCUT2D eigenvalue weighted by atomic mass is 10.1. The van der Waals surface area contributed by atoms with Crippen LogP contribution in [0, 0.1) is 9.39 Å². The van der Waals surface area contributed by atoms with Gasteiger partial charge in [0.1, 0.15) is 11.0 Å². The smallest absolute Gasteiger partial charge is 0.235 e. The van der Waals surface area contributed by atoms with Gasteiger partial charge in [-0.15, -0.1) is 0 Å². The zero-order valence-corrected chi connectivity index (χ0v) is 11.9. The summed E-state index contributed by atoms with van der Waals surface area (Å²) in [6.45, 7) is 0. The number of nitrogens with zero attached hydrogens (tertiary/aromatic N) is 2. The molecule has 2 rings (SSSR count). The van der Waals surface area contributed by atoms with Crippen molar-refractivity contribution in [2.75, 3.05) is 0 Å². The highest BCUT2D eigenvalue weighted by Crippen LogP contribution is 2.32. The summed E-state index contributed by atoms with van der Waals surface area (Å²) < 4.78 is 51.5. The van der Waals surface area contributed by atoms with Crippen LogP contribution in [-0.4, -0.2) is 9.97 Å². The van der Waals surface area contributed by atoms with Crippen molar-refractivity contribution >= 4 is 34.2 Å². The molecule has 0 unspecified atom stereocenters. The summed E-state index contributed by atoms with van der Waals surface area (Å²) in [5.74, 6) is -1.07. The van der Waals surface area contributed by atoms with Crippen molar-refractivity contribution in [2.45, 2.75) is 6.18 Å². The molecular formula is C11H4ClF4IN2. The quantitative estimate of drug-likeness (QED) is 0.397. The van der Waals surface area contributed by atoms with Gasteiger partial charge in [-0.25, -0.2) is 14.4 Å². The van der Waals surface area contributed by atoms with Crippen LogP contribution in [0.2, 0.25) is 5.15 Å². The molecule has 0 saturated carbocycles. The number of rotatable bonds is 1. The summed E-state index contributed by atoms with van der Waals surface area (Å²) in [6.07, 6.45) is -3.28. The summed E-state index contributed by atoms with van der Waals surface area (Å²) in [7, 11) is 0. The van der Waals surface area contributed by atoms with E-state index >= 15 is 0 Å². The van der Waals surface area contributed by atoms with Crippen LogP contribution in [0.15, 0.2) is 24.4 Å². The minimum Gasteiger partial charge on any atom is -0.235 e. The second-order valence-electron chi connectivity index (χ2n) is 3.56. The molecule has 2 aromatic rings. The lowest BCUT2D eigenvalue weighted by molar-refractivity contribution is -0.137. The molecule has 1 heterocycles. The largest absolute Gasteiger partial charge is 0.416 e. The van der Waals surface area contributed by atoms with Crippen LogP contribution in [0.1, 0.15) is 5.56 Å². The van der Waals surface area contributed by atoms with Gasteiger partial charge in [-0.2, -0.15) is 13.2 Å². The van der Waals surface area contributed by atoms with Gasteiger partial charge in [0.05, 0.1) is 9.13 Å². The molecule has 0 aliphatic rings. The van der Waals surface area contributed by atoms with Crippen molar-refractivity contribution in [3.8, 4) is 11.4 Å². The van der Waals surface area contributed by atoms with E-state index in [1.54, 1.807) is 0 Å². The molecule has 0 aliphatic heterocycles. The number of alkyl halides is 3. The SMILES string of the molecule is Fc1cc(-c2ncc(I)c(Cl)n2)cc(C(F)(F)F)c1. The van der Waals surface area contributed by atoms with E-state index in [1.807, 2.05) is 22.6 Å². The fourth-order valence-corrected chi connectivity index (χ4v) is 1.76. The highest BCUT2D eigenvalue weighted by molar-refractivity contribution is 14.1. The summed E-state index contributed by atoms with van der Waals surface area (Å²) in [4.78, 5) is 7.66. The van der Waals surface area contributed by atoms with Crippen LogP contribution in [0.5, 0.6) is 0 Å². The minimum atomic E-state index is -4.64. The lowest BCUT2D eigenvalue weighted by Gasteiger charge is -2.09. The van der Waals surface area contributed by atoms with E-state index in [0.717, 1.165) is 12.1 Å². The van der Waals surface area contributed by atoms with Crippen molar-refractivity contribution in [2.24, 2.45) is 0 Å². The van der Waals surface area contributed by atoms with E-state index in [2.05, 4.69) is 9.97 Å². The molecular weight excluding hydrogens is 398 g/mol. The molecule has 0 spiro atoms. The Kier molecular flexibility index (Phi) is 3.95. The van der Waals surface area contributed by atoms with E-state index < -0.39 is 17.6 Å². The predicted octanol–water partition coefficient (Wildman–Crippen LogP) is 4.56. The zero-order chi connectivity index (χ0) is 14.2. The predicted molar refractivity (Wildman–Crippen MR) is 70.2 cm³/mol. The summed E-state index contributed by atoms with van der Waals surface area (Å²) in [5, 5.41) is 0.100. The molecule has 0 amide bonds. The average Bonchev–Trinajstić information content (AvgIpc) is 2.31. The van der Waals surface area contributed by atoms with E-state index in [1.165, 1.54) is 6.20 Å². The monoisotopic (exact) mass is 402 g/mol. The van der Waals surface area contributed by atoms with Crippen LogP contribution in [0.25, 0.3) is 11.4 Å². The molecule has 0 saturated heterocycles. The Morgan fingerprint density at radius 3 is 2.42 bits per heavy atom. The summed E-state index contributed by atoms with van der Waals surface area (Å²) in [5.41, 5.74) is -1.17. The molecule has 0 fully saturated rings. The first kappa shape index (κ1) is 14.4. The Bertz CT molecular complexity index is 631. The Morgan fingerprint density at radius 1 is 1.16 bits per heavy atom. The number of benzene rings is 1. The first-order chi connectivity index (χ1) is 8.77. The molecule has 8 heteroatoms. The number of aromatic nitrogens is 2. The van der Waals surface area contributed by atoms with Gasteiger partial charge in [0, 0.05) is 11.8 Å². The van der Waals surface area contributed by atoms with Crippen LogP contribution in [-0.2, 0) is 6.18 Å². The number of hydrogen-bond donors (Lipinski definition) is 0. The molecule has 0 aliphatic carbocycles. The second kappa shape index (κ2) is 5.20. The van der Waals surface area contributed by atoms with Crippen LogP contribution >= 0.6 is 34.2 Å². The van der Waals surface area contributed by atoms with E-state index in [0.29, 0.717) is 9.64 Å². The second-order valence-corrected chi connectivity index (χ2v) is 5.08. The third kappa shape index (κ3) is 3.33. The minimum absolute atomic E-state index is 0.0598. The first-order valence-electron chi connectivity index (χ1n) is 4.83. The Morgan fingerprint density at radius 2 is 1.84 bits per heavy atom. The van der Waals surface area contributed by atoms with Crippen LogP contribution < -0.4 is 0 Å². The molecule has 1 aromatic heterocycles. The zero-order valence-electron chi connectivity index (χ0n) is 8.97. The third-order valence-corrected chi connectivity index (χ3v) is 3.58. The van der Waals surface area contributed by atoms with E-state index in [9.17, 15) is 17.6 Å². The molecule has 1 aromatic carbocycles. The van der Waals surface area contributed by atoms with Crippen molar-refractivity contribution in [3.63, 3.8) is 0 Å². The van der Waals surface area contributed by atoms with Crippen LogP contribution in [0.3, 0.4) is 0 Å². The highest BCUT2D eigenvalue weighted by Gasteiger charge is 2.31.